The molecule has 0 aliphatic heterocycles. The molecule has 2 N–H and O–H groups in total. The second kappa shape index (κ2) is 7.48. The number of nitrogens with one attached hydrogen (secondary N) is 2. The lowest BCUT2D eigenvalue weighted by Gasteiger charge is -2.37. The molecule has 0 fully saturated rings. The molecule has 0 aromatic rings. The largest absolute Gasteiger partial charge is 0.517 e. The normalized spacial score (nSPS) is 15.0. The first-order valence-corrected chi connectivity index (χ1v) is 8.45. The molecule has 1 unspecified atom stereocenters. The van der Waals surface area contributed by atoms with Gasteiger partial charge in [0.1, 0.15) is 0 Å². The van der Waals surface area contributed by atoms with Gasteiger partial charge in [-0.15, -0.1) is 0 Å². The molecule has 0 aliphatic rings. The van der Waals surface area contributed by atoms with E-state index in [1.165, 1.54) is 0 Å². The zero-order valence-corrected chi connectivity index (χ0v) is 13.5. The van der Waals surface area contributed by atoms with Gasteiger partial charge in [-0.2, -0.15) is 0 Å². The molecular weight excluding hydrogens is 232 g/mol. The summed E-state index contributed by atoms with van der Waals surface area (Å²) in [5, 5.41) is 0. The van der Waals surface area contributed by atoms with E-state index in [0.717, 1.165) is 6.42 Å². The van der Waals surface area contributed by atoms with Crippen LogP contribution < -0.4 is 9.96 Å². The molecule has 0 rings (SSSR count). The Bertz CT molecular complexity index is 201. The van der Waals surface area contributed by atoms with Crippen LogP contribution in [0.2, 0.25) is 0 Å². The van der Waals surface area contributed by atoms with Crippen LogP contribution in [0, 0.1) is 0 Å². The summed E-state index contributed by atoms with van der Waals surface area (Å²) >= 11 is 0. The standard InChI is InChI=1S/C12H30N2O2Si/c1-8-11(4)13-17(15-9-2,16-10-3)14-12(5,6)7/h11,13-14H,8-10H2,1-7H3. The molecule has 5 heteroatoms. The molecule has 104 valence electrons. The Morgan fingerprint density at radius 2 is 1.53 bits per heavy atom. The second-order valence-corrected chi connectivity index (χ2v) is 7.66. The minimum Gasteiger partial charge on any atom is -0.371 e. The van der Waals surface area contributed by atoms with Crippen LogP contribution in [0.5, 0.6) is 0 Å². The van der Waals surface area contributed by atoms with Gasteiger partial charge in [-0.3, -0.25) is 9.96 Å². The summed E-state index contributed by atoms with van der Waals surface area (Å²) < 4.78 is 11.8. The Labute approximate surface area is 108 Å². The van der Waals surface area contributed by atoms with Gasteiger partial charge in [-0.25, -0.2) is 0 Å². The van der Waals surface area contributed by atoms with Crippen molar-refractivity contribution in [3.05, 3.63) is 0 Å². The monoisotopic (exact) mass is 262 g/mol. The van der Waals surface area contributed by atoms with Crippen molar-refractivity contribution < 1.29 is 8.85 Å². The summed E-state index contributed by atoms with van der Waals surface area (Å²) in [5.41, 5.74) is -0.0307. The van der Waals surface area contributed by atoms with Crippen LogP contribution in [0.4, 0.5) is 0 Å². The summed E-state index contributed by atoms with van der Waals surface area (Å²) in [7, 11) is -2.51. The van der Waals surface area contributed by atoms with Gasteiger partial charge in [0.15, 0.2) is 0 Å². The molecule has 0 aromatic carbocycles. The highest BCUT2D eigenvalue weighted by molar-refractivity contribution is 6.62. The van der Waals surface area contributed by atoms with E-state index < -0.39 is 8.88 Å². The molecule has 0 amide bonds. The second-order valence-electron chi connectivity index (χ2n) is 5.31. The van der Waals surface area contributed by atoms with Gasteiger partial charge in [0.2, 0.25) is 0 Å². The van der Waals surface area contributed by atoms with Crippen molar-refractivity contribution in [3.8, 4) is 0 Å². The summed E-state index contributed by atoms with van der Waals surface area (Å²) in [4.78, 5) is 7.04. The topological polar surface area (TPSA) is 42.5 Å². The first-order chi connectivity index (χ1) is 7.78. The lowest BCUT2D eigenvalue weighted by atomic mass is 10.1. The molecule has 0 bridgehead atoms. The smallest absolute Gasteiger partial charge is 0.371 e. The minimum atomic E-state index is -2.51. The van der Waals surface area contributed by atoms with Gasteiger partial charge >= 0.3 is 8.88 Å². The minimum absolute atomic E-state index is 0.0307. The molecule has 1 atom stereocenters. The van der Waals surface area contributed by atoms with E-state index in [9.17, 15) is 0 Å². The molecule has 0 aromatic heterocycles. The summed E-state index contributed by atoms with van der Waals surface area (Å²) in [6, 6.07) is 0.384. The molecule has 0 saturated heterocycles. The van der Waals surface area contributed by atoms with E-state index >= 15 is 0 Å². The van der Waals surface area contributed by atoms with Crippen LogP contribution in [-0.2, 0) is 8.85 Å². The first kappa shape index (κ1) is 17.1. The molecule has 4 nitrogen and oxygen atoms in total. The van der Waals surface area contributed by atoms with Crippen LogP contribution in [-0.4, -0.2) is 33.7 Å². The van der Waals surface area contributed by atoms with E-state index in [4.69, 9.17) is 8.85 Å². The SMILES string of the molecule is CCO[Si](NC(C)CC)(NC(C)(C)C)OCC. The van der Waals surface area contributed by atoms with E-state index in [0.29, 0.717) is 19.3 Å². The molecule has 17 heavy (non-hydrogen) atoms. The van der Waals surface area contributed by atoms with Gasteiger partial charge in [0.05, 0.1) is 0 Å². The lowest BCUT2D eigenvalue weighted by molar-refractivity contribution is 0.144. The Kier molecular flexibility index (Phi) is 7.51. The van der Waals surface area contributed by atoms with Crippen molar-refractivity contribution in [2.45, 2.75) is 66.5 Å². The van der Waals surface area contributed by atoms with Crippen molar-refractivity contribution >= 4 is 8.88 Å². The fourth-order valence-corrected chi connectivity index (χ4v) is 4.68. The maximum absolute atomic E-state index is 5.91. The Morgan fingerprint density at radius 3 is 1.82 bits per heavy atom. The Balaban J connectivity index is 4.83. The zero-order chi connectivity index (χ0) is 13.5. The maximum Gasteiger partial charge on any atom is 0.517 e. The fourth-order valence-electron chi connectivity index (χ4n) is 1.56. The number of rotatable bonds is 8. The summed E-state index contributed by atoms with van der Waals surface area (Å²) in [6.07, 6.45) is 1.06. The van der Waals surface area contributed by atoms with Crippen LogP contribution in [0.25, 0.3) is 0 Å². The Hall–Kier alpha value is 0.0569. The van der Waals surface area contributed by atoms with Gasteiger partial charge in [-0.05, 0) is 41.0 Å². The van der Waals surface area contributed by atoms with Gasteiger partial charge in [0.25, 0.3) is 0 Å². The van der Waals surface area contributed by atoms with Crippen LogP contribution in [0.3, 0.4) is 0 Å². The molecule has 0 radical (unpaired) electrons. The third-order valence-corrected chi connectivity index (χ3v) is 5.63. The third-order valence-electron chi connectivity index (χ3n) is 2.28. The molecule has 0 aliphatic carbocycles. The van der Waals surface area contributed by atoms with Crippen LogP contribution in [0.1, 0.15) is 54.9 Å². The molecular formula is C12H30N2O2Si. The first-order valence-electron chi connectivity index (χ1n) is 6.63. The summed E-state index contributed by atoms with van der Waals surface area (Å²) in [5.74, 6) is 0. The highest BCUT2D eigenvalue weighted by Crippen LogP contribution is 2.10. The highest BCUT2D eigenvalue weighted by Gasteiger charge is 2.43. The van der Waals surface area contributed by atoms with Gasteiger partial charge < -0.3 is 8.85 Å². The summed E-state index contributed by atoms with van der Waals surface area (Å²) in [6.45, 7) is 16.0. The number of hydrogen-bond donors (Lipinski definition) is 2. The average molecular weight is 262 g/mol. The van der Waals surface area contributed by atoms with E-state index in [2.05, 4.69) is 44.6 Å². The molecule has 0 saturated carbocycles. The van der Waals surface area contributed by atoms with Crippen molar-refractivity contribution in [3.63, 3.8) is 0 Å². The van der Waals surface area contributed by atoms with Gasteiger partial charge in [0, 0.05) is 24.8 Å². The quantitative estimate of drug-likeness (QED) is 0.659. The molecule has 0 spiro atoms. The van der Waals surface area contributed by atoms with E-state index in [1.54, 1.807) is 0 Å². The van der Waals surface area contributed by atoms with Crippen molar-refractivity contribution in [2.75, 3.05) is 13.2 Å². The maximum atomic E-state index is 5.91. The van der Waals surface area contributed by atoms with Crippen LogP contribution >= 0.6 is 0 Å². The number of hydrogen-bond acceptors (Lipinski definition) is 4. The predicted octanol–water partition coefficient (Wildman–Crippen LogP) is 2.27. The van der Waals surface area contributed by atoms with E-state index in [1.807, 2.05) is 13.8 Å². The fraction of sp³-hybridized carbons (Fsp3) is 1.00. The zero-order valence-electron chi connectivity index (χ0n) is 12.5. The molecule has 0 heterocycles. The van der Waals surface area contributed by atoms with Crippen molar-refractivity contribution in [1.82, 2.24) is 9.96 Å². The van der Waals surface area contributed by atoms with E-state index in [-0.39, 0.29) is 5.54 Å². The predicted molar refractivity (Wildman–Crippen MR) is 74.8 cm³/mol. The van der Waals surface area contributed by atoms with Crippen LogP contribution in [0.15, 0.2) is 0 Å². The van der Waals surface area contributed by atoms with Crippen molar-refractivity contribution in [2.24, 2.45) is 0 Å². The average Bonchev–Trinajstić information content (AvgIpc) is 2.15. The Morgan fingerprint density at radius 1 is 1.06 bits per heavy atom. The van der Waals surface area contributed by atoms with Crippen molar-refractivity contribution in [1.29, 1.82) is 0 Å². The van der Waals surface area contributed by atoms with Gasteiger partial charge in [-0.1, -0.05) is 13.8 Å². The third kappa shape index (κ3) is 7.16. The highest BCUT2D eigenvalue weighted by atomic mass is 28.4. The lowest BCUT2D eigenvalue weighted by Crippen LogP contribution is -2.72.